The van der Waals surface area contributed by atoms with Gasteiger partial charge in [0.1, 0.15) is 34.4 Å². The normalized spacial score (nSPS) is 26.3. The third-order valence-electron chi connectivity index (χ3n) is 7.89. The molecule has 1 saturated carbocycles. The number of anilines is 3. The fourth-order valence-electron chi connectivity index (χ4n) is 5.85. The molecule has 11 heteroatoms. The van der Waals surface area contributed by atoms with Crippen LogP contribution in [0.15, 0.2) is 24.4 Å². The van der Waals surface area contributed by atoms with Gasteiger partial charge in [-0.3, -0.25) is 0 Å². The first-order valence-electron chi connectivity index (χ1n) is 13.0. The standard InChI is InChI=1S/C26H35N7O3S/c1-26(2,3)33(13-5-7-20(33)23(35)36)15-17-14-21(32-25-30-19-6-4-12-27-22(19)37-25)31-24(29-17)28-16-8-10-18(34)11-9-16/h4,6,12,14,16,18,20,34H,5,7-11,13,15H2,1-3H3,(H2-,28,29,30,31,32,35,36)/t16?,18?,20-,33?/m0/s1. The highest BCUT2D eigenvalue weighted by Crippen LogP contribution is 2.39. The second-order valence-corrected chi connectivity index (χ2v) is 12.2. The van der Waals surface area contributed by atoms with Crippen molar-refractivity contribution >= 4 is 44.6 Å². The minimum atomic E-state index is -0.999. The molecule has 1 aliphatic heterocycles. The molecule has 1 aliphatic carbocycles. The van der Waals surface area contributed by atoms with E-state index in [0.29, 0.717) is 34.3 Å². The maximum atomic E-state index is 12.2. The van der Waals surface area contributed by atoms with Crippen molar-refractivity contribution in [3.8, 4) is 0 Å². The van der Waals surface area contributed by atoms with E-state index in [1.807, 2.05) is 18.2 Å². The molecule has 2 atom stereocenters. The second kappa shape index (κ2) is 10.1. The molecular formula is C26H35N7O3S. The van der Waals surface area contributed by atoms with Gasteiger partial charge in [0.05, 0.1) is 24.2 Å². The van der Waals surface area contributed by atoms with Gasteiger partial charge in [-0.1, -0.05) is 11.3 Å². The fraction of sp³-hybridized carbons (Fsp3) is 0.577. The van der Waals surface area contributed by atoms with Gasteiger partial charge in [0.25, 0.3) is 0 Å². The third-order valence-corrected chi connectivity index (χ3v) is 8.79. The first kappa shape index (κ1) is 25.7. The molecule has 0 aromatic carbocycles. The second-order valence-electron chi connectivity index (χ2n) is 11.3. The molecule has 3 N–H and O–H groups in total. The van der Waals surface area contributed by atoms with Gasteiger partial charge in [0.15, 0.2) is 5.13 Å². The number of hydrogen-bond acceptors (Lipinski definition) is 10. The van der Waals surface area contributed by atoms with Gasteiger partial charge in [-0.05, 0) is 58.6 Å². The monoisotopic (exact) mass is 525 g/mol. The fourth-order valence-corrected chi connectivity index (χ4v) is 6.67. The van der Waals surface area contributed by atoms with E-state index in [1.165, 1.54) is 11.3 Å². The summed E-state index contributed by atoms with van der Waals surface area (Å²) in [5.74, 6) is 0.0939. The average molecular weight is 526 g/mol. The van der Waals surface area contributed by atoms with Crippen LogP contribution in [-0.2, 0) is 11.3 Å². The van der Waals surface area contributed by atoms with Crippen LogP contribution < -0.4 is 15.7 Å². The Bertz CT molecular complexity index is 1240. The van der Waals surface area contributed by atoms with Crippen molar-refractivity contribution < 1.29 is 19.5 Å². The first-order valence-corrected chi connectivity index (χ1v) is 13.8. The molecule has 5 rings (SSSR count). The van der Waals surface area contributed by atoms with Gasteiger partial charge in [0, 0.05) is 31.1 Å². The molecule has 10 nitrogen and oxygen atoms in total. The summed E-state index contributed by atoms with van der Waals surface area (Å²) < 4.78 is 0.381. The van der Waals surface area contributed by atoms with E-state index >= 15 is 0 Å². The van der Waals surface area contributed by atoms with E-state index in [9.17, 15) is 15.0 Å². The maximum Gasteiger partial charge on any atom is 0.225 e. The summed E-state index contributed by atoms with van der Waals surface area (Å²) in [6.45, 7) is 7.49. The van der Waals surface area contributed by atoms with Crippen molar-refractivity contribution in [2.75, 3.05) is 17.2 Å². The lowest BCUT2D eigenvalue weighted by atomic mass is 9.93. The highest BCUT2D eigenvalue weighted by Gasteiger charge is 2.51. The van der Waals surface area contributed by atoms with Crippen molar-refractivity contribution in [1.82, 2.24) is 19.9 Å². The number of aliphatic hydroxyl groups excluding tert-OH is 1. The summed E-state index contributed by atoms with van der Waals surface area (Å²) in [5, 5.41) is 29.6. The summed E-state index contributed by atoms with van der Waals surface area (Å²) in [6.07, 6.45) is 6.12. The van der Waals surface area contributed by atoms with Crippen LogP contribution in [0.25, 0.3) is 10.3 Å². The van der Waals surface area contributed by atoms with Crippen molar-refractivity contribution in [2.45, 2.75) is 89.6 Å². The number of likely N-dealkylation sites (tertiary alicyclic amines) is 1. The molecule has 1 saturated heterocycles. The van der Waals surface area contributed by atoms with E-state index in [4.69, 9.17) is 9.97 Å². The zero-order valence-electron chi connectivity index (χ0n) is 21.6. The lowest BCUT2D eigenvalue weighted by Gasteiger charge is -2.50. The highest BCUT2D eigenvalue weighted by molar-refractivity contribution is 7.21. The van der Waals surface area contributed by atoms with Gasteiger partial charge in [-0.25, -0.2) is 15.0 Å². The third kappa shape index (κ3) is 5.39. The van der Waals surface area contributed by atoms with Gasteiger partial charge >= 0.3 is 0 Å². The molecule has 1 unspecified atom stereocenters. The number of nitrogens with zero attached hydrogens (tertiary/aromatic N) is 5. The molecule has 4 heterocycles. The van der Waals surface area contributed by atoms with Crippen LogP contribution in [0.1, 0.15) is 65.0 Å². The number of nitrogens with one attached hydrogen (secondary N) is 2. The largest absolute Gasteiger partial charge is 0.544 e. The van der Waals surface area contributed by atoms with Crippen molar-refractivity contribution in [2.24, 2.45) is 0 Å². The number of quaternary nitrogens is 1. The number of aliphatic carboxylic acids is 1. The predicted octanol–water partition coefficient (Wildman–Crippen LogP) is 2.97. The molecule has 3 aromatic heterocycles. The summed E-state index contributed by atoms with van der Waals surface area (Å²) in [7, 11) is 0. The van der Waals surface area contributed by atoms with Crippen LogP contribution in [0.4, 0.5) is 16.9 Å². The number of fused-ring (bicyclic) bond motifs is 1. The number of pyridine rings is 1. The first-order chi connectivity index (χ1) is 17.6. The Morgan fingerprint density at radius 1 is 1.19 bits per heavy atom. The number of carboxylic acids is 1. The summed E-state index contributed by atoms with van der Waals surface area (Å²) in [4.78, 5) is 31.6. The Morgan fingerprint density at radius 3 is 2.68 bits per heavy atom. The Morgan fingerprint density at radius 2 is 1.97 bits per heavy atom. The number of aliphatic hydroxyl groups is 1. The lowest BCUT2D eigenvalue weighted by Crippen LogP contribution is -2.66. The van der Waals surface area contributed by atoms with E-state index in [1.54, 1.807) is 6.20 Å². The van der Waals surface area contributed by atoms with Gasteiger partial charge in [-0.2, -0.15) is 4.98 Å². The number of rotatable bonds is 7. The summed E-state index contributed by atoms with van der Waals surface area (Å²) >= 11 is 1.45. The van der Waals surface area contributed by atoms with Gasteiger partial charge in [0.2, 0.25) is 5.95 Å². The molecular weight excluding hydrogens is 490 g/mol. The minimum Gasteiger partial charge on any atom is -0.544 e. The zero-order valence-corrected chi connectivity index (χ0v) is 22.4. The Hall–Kier alpha value is -2.89. The molecule has 2 fully saturated rings. The molecule has 0 bridgehead atoms. The van der Waals surface area contributed by atoms with Crippen LogP contribution in [-0.4, -0.2) is 65.8 Å². The van der Waals surface area contributed by atoms with Crippen LogP contribution >= 0.6 is 11.3 Å². The Labute approximate surface area is 220 Å². The van der Waals surface area contributed by atoms with Crippen molar-refractivity contribution in [1.29, 1.82) is 0 Å². The Kier molecular flexibility index (Phi) is 7.03. The van der Waals surface area contributed by atoms with Crippen molar-refractivity contribution in [3.05, 3.63) is 30.1 Å². The van der Waals surface area contributed by atoms with Gasteiger partial charge in [-0.15, -0.1) is 0 Å². The molecule has 37 heavy (non-hydrogen) atoms. The van der Waals surface area contributed by atoms with Crippen LogP contribution in [0.3, 0.4) is 0 Å². The predicted molar refractivity (Wildman–Crippen MR) is 141 cm³/mol. The summed E-state index contributed by atoms with van der Waals surface area (Å²) in [6, 6.07) is 5.26. The molecule has 198 valence electrons. The average Bonchev–Trinajstić information content (AvgIpc) is 3.44. The minimum absolute atomic E-state index is 0.173. The quantitative estimate of drug-likeness (QED) is 0.398. The van der Waals surface area contributed by atoms with Crippen molar-refractivity contribution in [3.63, 3.8) is 0 Å². The Balaban J connectivity index is 1.49. The number of carbonyl (C=O) groups is 1. The number of hydrogen-bond donors (Lipinski definition) is 3. The molecule has 0 spiro atoms. The highest BCUT2D eigenvalue weighted by atomic mass is 32.1. The van der Waals surface area contributed by atoms with Gasteiger partial charge < -0.3 is 30.1 Å². The molecule has 3 aromatic rings. The van der Waals surface area contributed by atoms with E-state index in [-0.39, 0.29) is 17.7 Å². The van der Waals surface area contributed by atoms with Crippen LogP contribution in [0.2, 0.25) is 0 Å². The number of carbonyl (C=O) groups excluding carboxylic acids is 1. The van der Waals surface area contributed by atoms with E-state index < -0.39 is 12.0 Å². The summed E-state index contributed by atoms with van der Waals surface area (Å²) in [5.41, 5.74) is 1.26. The zero-order chi connectivity index (χ0) is 26.2. The number of carboxylic acid groups (broad SMARTS) is 1. The van der Waals surface area contributed by atoms with E-state index in [2.05, 4.69) is 41.4 Å². The number of aromatic nitrogens is 4. The number of thiazole rings is 1. The lowest BCUT2D eigenvalue weighted by molar-refractivity contribution is -0.987. The topological polar surface area (TPSA) is 136 Å². The smallest absolute Gasteiger partial charge is 0.225 e. The maximum absolute atomic E-state index is 12.2. The SMILES string of the molecule is CC(C)(C)[N+]1(Cc2cc(Nc3nc4cccnc4s3)nc(NC3CCC(O)CC3)n2)CCC[C@H]1C(=O)[O-]. The molecule has 2 aliphatic rings. The molecule has 0 radical (unpaired) electrons. The molecule has 0 amide bonds. The van der Waals surface area contributed by atoms with Crippen LogP contribution in [0.5, 0.6) is 0 Å². The van der Waals surface area contributed by atoms with E-state index in [0.717, 1.165) is 54.7 Å². The van der Waals surface area contributed by atoms with Crippen LogP contribution in [0, 0.1) is 0 Å².